The molecule has 3 saturated heterocycles. The van der Waals surface area contributed by atoms with Crippen LogP contribution < -0.4 is 9.80 Å². The van der Waals surface area contributed by atoms with Crippen molar-refractivity contribution < 1.29 is 14.4 Å². The standard InChI is InChI=1S/C31H42ClN7O3/c1-21-6-7-26(14-28(21)32)39(30(41)23-8-12-37(13-9-23)22(2)40)11-5-10-36-16-24-18-38(19-25(24)17-36)31(42)27-15-33-20-34-29(27)35(3)4/h6-7,14-15,20,23-25H,5,8-13,16-19H2,1-4H3. The third-order valence-corrected chi connectivity index (χ3v) is 9.48. The van der Waals surface area contributed by atoms with E-state index in [9.17, 15) is 14.4 Å². The van der Waals surface area contributed by atoms with Crippen LogP contribution in [0.4, 0.5) is 11.5 Å². The zero-order chi connectivity index (χ0) is 30.0. The number of piperidine rings is 1. The van der Waals surface area contributed by atoms with Gasteiger partial charge in [-0.15, -0.1) is 0 Å². The van der Waals surface area contributed by atoms with Gasteiger partial charge in [0, 0.05) is 89.7 Å². The van der Waals surface area contributed by atoms with Crippen LogP contribution in [0.25, 0.3) is 0 Å². The number of halogens is 1. The summed E-state index contributed by atoms with van der Waals surface area (Å²) >= 11 is 6.46. The van der Waals surface area contributed by atoms with Crippen molar-refractivity contribution in [2.24, 2.45) is 17.8 Å². The minimum atomic E-state index is -0.0987. The lowest BCUT2D eigenvalue weighted by Gasteiger charge is -2.34. The number of likely N-dealkylation sites (tertiary alicyclic amines) is 3. The van der Waals surface area contributed by atoms with E-state index in [0.29, 0.717) is 60.7 Å². The molecule has 4 heterocycles. The maximum absolute atomic E-state index is 13.8. The molecular formula is C31H42ClN7O3. The van der Waals surface area contributed by atoms with Gasteiger partial charge < -0.3 is 24.5 Å². The highest BCUT2D eigenvalue weighted by Crippen LogP contribution is 2.33. The van der Waals surface area contributed by atoms with Crippen molar-refractivity contribution >= 4 is 40.8 Å². The first-order valence-corrected chi connectivity index (χ1v) is 15.3. The summed E-state index contributed by atoms with van der Waals surface area (Å²) in [5, 5.41) is 0.655. The highest BCUT2D eigenvalue weighted by atomic mass is 35.5. The molecule has 1 aromatic carbocycles. The number of aryl methyl sites for hydroxylation is 1. The Morgan fingerprint density at radius 2 is 1.71 bits per heavy atom. The predicted molar refractivity (Wildman–Crippen MR) is 164 cm³/mol. The molecule has 42 heavy (non-hydrogen) atoms. The molecule has 5 rings (SSSR count). The zero-order valence-electron chi connectivity index (χ0n) is 25.1. The van der Waals surface area contributed by atoms with E-state index in [0.717, 1.165) is 50.4 Å². The predicted octanol–water partition coefficient (Wildman–Crippen LogP) is 3.19. The lowest BCUT2D eigenvalue weighted by molar-refractivity contribution is -0.133. The molecule has 2 unspecified atom stereocenters. The maximum atomic E-state index is 13.8. The second kappa shape index (κ2) is 13.0. The van der Waals surface area contributed by atoms with Crippen molar-refractivity contribution in [3.8, 4) is 0 Å². The van der Waals surface area contributed by atoms with Crippen LogP contribution in [0.15, 0.2) is 30.7 Å². The first-order chi connectivity index (χ1) is 20.1. The maximum Gasteiger partial charge on any atom is 0.259 e. The fourth-order valence-corrected chi connectivity index (χ4v) is 6.84. The Balaban J connectivity index is 1.17. The first-order valence-electron chi connectivity index (χ1n) is 14.9. The quantitative estimate of drug-likeness (QED) is 0.463. The molecule has 3 aliphatic heterocycles. The minimum absolute atomic E-state index is 0.000277. The molecule has 0 aliphatic carbocycles. The van der Waals surface area contributed by atoms with Gasteiger partial charge >= 0.3 is 0 Å². The lowest BCUT2D eigenvalue weighted by Crippen LogP contribution is -2.44. The van der Waals surface area contributed by atoms with Crippen LogP contribution in [0.2, 0.25) is 5.02 Å². The highest BCUT2D eigenvalue weighted by molar-refractivity contribution is 6.31. The van der Waals surface area contributed by atoms with Crippen LogP contribution in [-0.2, 0) is 9.59 Å². The van der Waals surface area contributed by atoms with E-state index in [2.05, 4.69) is 14.9 Å². The minimum Gasteiger partial charge on any atom is -0.362 e. The van der Waals surface area contributed by atoms with E-state index >= 15 is 0 Å². The van der Waals surface area contributed by atoms with Gasteiger partial charge in [0.1, 0.15) is 17.7 Å². The molecule has 11 heteroatoms. The van der Waals surface area contributed by atoms with Crippen LogP contribution in [0.5, 0.6) is 0 Å². The number of carbonyl (C=O) groups is 3. The molecule has 0 bridgehead atoms. The van der Waals surface area contributed by atoms with Gasteiger partial charge in [-0.25, -0.2) is 9.97 Å². The van der Waals surface area contributed by atoms with Crippen LogP contribution in [0, 0.1) is 24.7 Å². The number of amides is 3. The topological polar surface area (TPSA) is 93.2 Å². The van der Waals surface area contributed by atoms with Gasteiger partial charge in [0.2, 0.25) is 11.8 Å². The fraction of sp³-hybridized carbons (Fsp3) is 0.581. The Hall–Kier alpha value is -3.24. The van der Waals surface area contributed by atoms with Crippen molar-refractivity contribution in [1.29, 1.82) is 0 Å². The summed E-state index contributed by atoms with van der Waals surface area (Å²) in [5.74, 6) is 1.62. The fourth-order valence-electron chi connectivity index (χ4n) is 6.67. The smallest absolute Gasteiger partial charge is 0.259 e. The molecule has 0 N–H and O–H groups in total. The molecule has 0 radical (unpaired) electrons. The lowest BCUT2D eigenvalue weighted by atomic mass is 9.94. The number of benzene rings is 1. The second-order valence-electron chi connectivity index (χ2n) is 12.2. The Morgan fingerprint density at radius 3 is 2.33 bits per heavy atom. The molecule has 10 nitrogen and oxygen atoms in total. The largest absolute Gasteiger partial charge is 0.362 e. The summed E-state index contributed by atoms with van der Waals surface area (Å²) in [7, 11) is 3.77. The Morgan fingerprint density at radius 1 is 1.02 bits per heavy atom. The van der Waals surface area contributed by atoms with Gasteiger partial charge in [0.15, 0.2) is 0 Å². The van der Waals surface area contributed by atoms with Gasteiger partial charge in [-0.3, -0.25) is 14.4 Å². The summed E-state index contributed by atoms with van der Waals surface area (Å²) in [6.45, 7) is 9.69. The normalized spacial score (nSPS) is 21.0. The third kappa shape index (κ3) is 6.54. The number of carbonyl (C=O) groups excluding carboxylic acids is 3. The molecular weight excluding hydrogens is 554 g/mol. The number of rotatable bonds is 8. The SMILES string of the molecule is CC(=O)N1CCC(C(=O)N(CCCN2CC3CN(C(=O)c4cncnc4N(C)C)CC3C2)c2ccc(C)c(Cl)c2)CC1. The summed E-state index contributed by atoms with van der Waals surface area (Å²) in [5.41, 5.74) is 2.36. The van der Waals surface area contributed by atoms with Gasteiger partial charge in [-0.2, -0.15) is 0 Å². The van der Waals surface area contributed by atoms with Crippen LogP contribution in [-0.4, -0.2) is 109 Å². The molecule has 3 fully saturated rings. The molecule has 0 saturated carbocycles. The molecule has 2 atom stereocenters. The van der Waals surface area contributed by atoms with Crippen molar-refractivity contribution in [1.82, 2.24) is 24.7 Å². The van der Waals surface area contributed by atoms with Crippen molar-refractivity contribution in [3.05, 3.63) is 46.9 Å². The van der Waals surface area contributed by atoms with Crippen molar-refractivity contribution in [3.63, 3.8) is 0 Å². The Labute approximate surface area is 253 Å². The van der Waals surface area contributed by atoms with Gasteiger partial charge in [-0.05, 0) is 62.3 Å². The number of hydrogen-bond donors (Lipinski definition) is 0. The average Bonchev–Trinajstić information content (AvgIpc) is 3.55. The van der Waals surface area contributed by atoms with E-state index in [1.54, 1.807) is 13.1 Å². The first kappa shape index (κ1) is 30.2. The van der Waals surface area contributed by atoms with E-state index < -0.39 is 0 Å². The van der Waals surface area contributed by atoms with Gasteiger partial charge in [0.25, 0.3) is 5.91 Å². The number of anilines is 2. The van der Waals surface area contributed by atoms with Crippen LogP contribution >= 0.6 is 11.6 Å². The van der Waals surface area contributed by atoms with E-state index in [1.165, 1.54) is 6.33 Å². The zero-order valence-corrected chi connectivity index (χ0v) is 25.9. The molecule has 1 aromatic heterocycles. The molecule has 2 aromatic rings. The number of aromatic nitrogens is 2. The molecule has 3 amide bonds. The van der Waals surface area contributed by atoms with Gasteiger partial charge in [-0.1, -0.05) is 17.7 Å². The molecule has 0 spiro atoms. The van der Waals surface area contributed by atoms with Crippen LogP contribution in [0.3, 0.4) is 0 Å². The number of nitrogens with zero attached hydrogens (tertiary/aromatic N) is 7. The summed E-state index contributed by atoms with van der Waals surface area (Å²) in [4.78, 5) is 57.2. The molecule has 3 aliphatic rings. The van der Waals surface area contributed by atoms with Gasteiger partial charge in [0.05, 0.1) is 0 Å². The van der Waals surface area contributed by atoms with E-state index in [4.69, 9.17) is 11.6 Å². The second-order valence-corrected chi connectivity index (χ2v) is 12.6. The monoisotopic (exact) mass is 595 g/mol. The van der Waals surface area contributed by atoms with Crippen LogP contribution in [0.1, 0.15) is 42.1 Å². The summed E-state index contributed by atoms with van der Waals surface area (Å²) in [6.07, 6.45) is 5.31. The average molecular weight is 596 g/mol. The number of hydrogen-bond acceptors (Lipinski definition) is 7. The van der Waals surface area contributed by atoms with E-state index in [1.807, 2.05) is 58.8 Å². The highest BCUT2D eigenvalue weighted by Gasteiger charge is 2.42. The Bertz CT molecular complexity index is 1300. The third-order valence-electron chi connectivity index (χ3n) is 9.07. The summed E-state index contributed by atoms with van der Waals surface area (Å²) in [6, 6.07) is 5.84. The number of fused-ring (bicyclic) bond motifs is 1. The summed E-state index contributed by atoms with van der Waals surface area (Å²) < 4.78 is 0. The Kier molecular flexibility index (Phi) is 9.32. The molecule has 226 valence electrons. The van der Waals surface area contributed by atoms with E-state index in [-0.39, 0.29) is 23.6 Å². The van der Waals surface area contributed by atoms with Crippen molar-refractivity contribution in [2.75, 3.05) is 76.3 Å². The van der Waals surface area contributed by atoms with Crippen molar-refractivity contribution in [2.45, 2.75) is 33.1 Å².